The standard InChI is InChI=1S/C12H17N3O/c13-6-3-4-11-8-14-15(9-11)10-12-5-1-2-7-16-12/h8-9,12H,1-2,5-7,10,13H2/t12-/m0/s1. The summed E-state index contributed by atoms with van der Waals surface area (Å²) in [6, 6.07) is 0. The average molecular weight is 219 g/mol. The van der Waals surface area contributed by atoms with Crippen molar-refractivity contribution in [2.75, 3.05) is 13.2 Å². The molecular formula is C12H17N3O. The Bertz CT molecular complexity index is 382. The lowest BCUT2D eigenvalue weighted by atomic mass is 10.1. The first-order chi connectivity index (χ1) is 7.88. The Labute approximate surface area is 95.8 Å². The minimum Gasteiger partial charge on any atom is -0.376 e. The molecule has 2 N–H and O–H groups in total. The lowest BCUT2D eigenvalue weighted by Crippen LogP contribution is -2.24. The number of hydrogen-bond donors (Lipinski definition) is 1. The highest BCUT2D eigenvalue weighted by molar-refractivity contribution is 5.29. The Hall–Kier alpha value is -1.31. The van der Waals surface area contributed by atoms with Crippen LogP contribution in [-0.2, 0) is 11.3 Å². The van der Waals surface area contributed by atoms with E-state index in [1.54, 1.807) is 6.20 Å². The van der Waals surface area contributed by atoms with Crippen molar-refractivity contribution in [2.24, 2.45) is 5.73 Å². The third kappa shape index (κ3) is 3.09. The van der Waals surface area contributed by atoms with Gasteiger partial charge in [0.05, 0.1) is 31.0 Å². The van der Waals surface area contributed by atoms with E-state index in [1.165, 1.54) is 12.8 Å². The van der Waals surface area contributed by atoms with Crippen LogP contribution in [-0.4, -0.2) is 29.0 Å². The van der Waals surface area contributed by atoms with E-state index in [9.17, 15) is 0 Å². The Morgan fingerprint density at radius 2 is 2.50 bits per heavy atom. The van der Waals surface area contributed by atoms with Crippen molar-refractivity contribution in [3.05, 3.63) is 18.0 Å². The number of hydrogen-bond acceptors (Lipinski definition) is 3. The first kappa shape index (κ1) is 11.2. The maximum Gasteiger partial charge on any atom is 0.0770 e. The van der Waals surface area contributed by atoms with Crippen LogP contribution in [0.15, 0.2) is 12.4 Å². The quantitative estimate of drug-likeness (QED) is 0.747. The van der Waals surface area contributed by atoms with Gasteiger partial charge in [-0.05, 0) is 19.3 Å². The summed E-state index contributed by atoms with van der Waals surface area (Å²) in [5.74, 6) is 5.78. The molecule has 0 bridgehead atoms. The summed E-state index contributed by atoms with van der Waals surface area (Å²) < 4.78 is 7.55. The molecule has 16 heavy (non-hydrogen) atoms. The van der Waals surface area contributed by atoms with Gasteiger partial charge in [0, 0.05) is 12.8 Å². The fourth-order valence-electron chi connectivity index (χ4n) is 1.84. The lowest BCUT2D eigenvalue weighted by molar-refractivity contribution is 0.00399. The summed E-state index contributed by atoms with van der Waals surface area (Å²) >= 11 is 0. The highest BCUT2D eigenvalue weighted by Gasteiger charge is 2.14. The van der Waals surface area contributed by atoms with Crippen LogP contribution in [0, 0.1) is 11.8 Å². The molecule has 1 saturated heterocycles. The Balaban J connectivity index is 1.91. The largest absolute Gasteiger partial charge is 0.376 e. The molecular weight excluding hydrogens is 202 g/mol. The number of nitrogens with zero attached hydrogens (tertiary/aromatic N) is 2. The van der Waals surface area contributed by atoms with Crippen molar-refractivity contribution in [3.63, 3.8) is 0 Å². The van der Waals surface area contributed by atoms with Crippen LogP contribution in [0.25, 0.3) is 0 Å². The molecule has 0 amide bonds. The second-order valence-corrected chi connectivity index (χ2v) is 3.95. The molecule has 0 aromatic carbocycles. The molecule has 0 unspecified atom stereocenters. The third-order valence-corrected chi connectivity index (χ3v) is 2.63. The van der Waals surface area contributed by atoms with Gasteiger partial charge in [0.15, 0.2) is 0 Å². The number of nitrogens with two attached hydrogens (primary N) is 1. The topological polar surface area (TPSA) is 53.1 Å². The zero-order chi connectivity index (χ0) is 11.2. The average Bonchev–Trinajstić information content (AvgIpc) is 2.75. The molecule has 1 aromatic heterocycles. The molecule has 2 heterocycles. The van der Waals surface area contributed by atoms with Gasteiger partial charge in [-0.3, -0.25) is 4.68 Å². The lowest BCUT2D eigenvalue weighted by Gasteiger charge is -2.22. The van der Waals surface area contributed by atoms with Gasteiger partial charge in [-0.15, -0.1) is 0 Å². The fraction of sp³-hybridized carbons (Fsp3) is 0.583. The van der Waals surface area contributed by atoms with E-state index in [4.69, 9.17) is 10.5 Å². The zero-order valence-corrected chi connectivity index (χ0v) is 9.35. The molecule has 1 aliphatic heterocycles. The number of aromatic nitrogens is 2. The maximum absolute atomic E-state index is 5.66. The third-order valence-electron chi connectivity index (χ3n) is 2.63. The predicted molar refractivity (Wildman–Crippen MR) is 61.8 cm³/mol. The van der Waals surface area contributed by atoms with E-state index in [1.807, 2.05) is 10.9 Å². The summed E-state index contributed by atoms with van der Waals surface area (Å²) in [4.78, 5) is 0. The van der Waals surface area contributed by atoms with Crippen LogP contribution in [0.1, 0.15) is 24.8 Å². The van der Waals surface area contributed by atoms with Crippen LogP contribution >= 0.6 is 0 Å². The van der Waals surface area contributed by atoms with Gasteiger partial charge in [-0.25, -0.2) is 0 Å². The van der Waals surface area contributed by atoms with Gasteiger partial charge in [0.2, 0.25) is 0 Å². The van der Waals surface area contributed by atoms with E-state index >= 15 is 0 Å². The second kappa shape index (κ2) is 5.69. The molecule has 1 aliphatic rings. The zero-order valence-electron chi connectivity index (χ0n) is 9.35. The van der Waals surface area contributed by atoms with Gasteiger partial charge in [0.25, 0.3) is 0 Å². The number of ether oxygens (including phenoxy) is 1. The van der Waals surface area contributed by atoms with Crippen LogP contribution < -0.4 is 5.73 Å². The first-order valence-corrected chi connectivity index (χ1v) is 5.71. The van der Waals surface area contributed by atoms with E-state index in [-0.39, 0.29) is 0 Å². The summed E-state index contributed by atoms with van der Waals surface area (Å²) in [5, 5.41) is 4.26. The highest BCUT2D eigenvalue weighted by Crippen LogP contribution is 2.14. The molecule has 4 heteroatoms. The molecule has 1 atom stereocenters. The Morgan fingerprint density at radius 1 is 1.56 bits per heavy atom. The Kier molecular flexibility index (Phi) is 3.97. The second-order valence-electron chi connectivity index (χ2n) is 3.95. The van der Waals surface area contributed by atoms with Crippen molar-refractivity contribution in [3.8, 4) is 11.8 Å². The van der Waals surface area contributed by atoms with Crippen LogP contribution in [0.2, 0.25) is 0 Å². The summed E-state index contributed by atoms with van der Waals surface area (Å²) in [7, 11) is 0. The van der Waals surface area contributed by atoms with Crippen LogP contribution in [0.5, 0.6) is 0 Å². The van der Waals surface area contributed by atoms with Gasteiger partial charge in [-0.1, -0.05) is 11.8 Å². The minimum absolute atomic E-state index is 0.309. The molecule has 0 spiro atoms. The van der Waals surface area contributed by atoms with Gasteiger partial charge in [0.1, 0.15) is 0 Å². The van der Waals surface area contributed by atoms with Crippen molar-refractivity contribution in [1.82, 2.24) is 9.78 Å². The van der Waals surface area contributed by atoms with E-state index in [0.29, 0.717) is 12.6 Å². The van der Waals surface area contributed by atoms with Crippen LogP contribution in [0.3, 0.4) is 0 Å². The summed E-state index contributed by atoms with van der Waals surface area (Å²) in [6.07, 6.45) is 7.59. The summed E-state index contributed by atoms with van der Waals surface area (Å²) in [5.41, 5.74) is 6.23. The van der Waals surface area contributed by atoms with E-state index in [0.717, 1.165) is 25.1 Å². The van der Waals surface area contributed by atoms with E-state index in [2.05, 4.69) is 16.9 Å². The molecule has 0 aliphatic carbocycles. The fourth-order valence-corrected chi connectivity index (χ4v) is 1.84. The first-order valence-electron chi connectivity index (χ1n) is 5.71. The van der Waals surface area contributed by atoms with Gasteiger partial charge in [-0.2, -0.15) is 5.10 Å². The van der Waals surface area contributed by atoms with Crippen molar-refractivity contribution < 1.29 is 4.74 Å². The maximum atomic E-state index is 5.66. The smallest absolute Gasteiger partial charge is 0.0770 e. The Morgan fingerprint density at radius 3 is 3.25 bits per heavy atom. The van der Waals surface area contributed by atoms with Gasteiger partial charge < -0.3 is 10.5 Å². The summed E-state index contributed by atoms with van der Waals surface area (Å²) in [6.45, 7) is 2.09. The van der Waals surface area contributed by atoms with E-state index < -0.39 is 0 Å². The molecule has 2 rings (SSSR count). The highest BCUT2D eigenvalue weighted by atomic mass is 16.5. The normalized spacial score (nSPS) is 20.2. The molecule has 86 valence electrons. The minimum atomic E-state index is 0.309. The molecule has 1 aromatic rings. The molecule has 4 nitrogen and oxygen atoms in total. The van der Waals surface area contributed by atoms with Crippen molar-refractivity contribution >= 4 is 0 Å². The van der Waals surface area contributed by atoms with Crippen molar-refractivity contribution in [1.29, 1.82) is 0 Å². The number of rotatable bonds is 2. The van der Waals surface area contributed by atoms with Gasteiger partial charge >= 0.3 is 0 Å². The molecule has 1 fully saturated rings. The molecule has 0 saturated carbocycles. The van der Waals surface area contributed by atoms with Crippen LogP contribution in [0.4, 0.5) is 0 Å². The van der Waals surface area contributed by atoms with Crippen molar-refractivity contribution in [2.45, 2.75) is 31.9 Å². The monoisotopic (exact) mass is 219 g/mol. The SMILES string of the molecule is NCC#Cc1cnn(C[C@@H]2CCCCO2)c1. The molecule has 0 radical (unpaired) electrons. The predicted octanol–water partition coefficient (Wildman–Crippen LogP) is 0.762.